The maximum Gasteiger partial charge on any atom is 0.391 e. The van der Waals surface area contributed by atoms with Crippen molar-refractivity contribution in [3.63, 3.8) is 0 Å². The second-order valence-electron chi connectivity index (χ2n) is 5.54. The van der Waals surface area contributed by atoms with Crippen LogP contribution in [0.25, 0.3) is 11.3 Å². The van der Waals surface area contributed by atoms with E-state index in [4.69, 9.17) is 0 Å². The van der Waals surface area contributed by atoms with E-state index in [1.54, 1.807) is 6.92 Å². The Morgan fingerprint density at radius 3 is 2.39 bits per heavy atom. The quantitative estimate of drug-likeness (QED) is 0.940. The van der Waals surface area contributed by atoms with Crippen molar-refractivity contribution in [2.45, 2.75) is 39.1 Å². The van der Waals surface area contributed by atoms with Crippen molar-refractivity contribution < 1.29 is 18.3 Å². The van der Waals surface area contributed by atoms with Crippen LogP contribution in [0.2, 0.25) is 0 Å². The monoisotopic (exact) mass is 326 g/mol. The standard InChI is InChI=1S/C16H17F3N2O2/c1-10-3-5-12(6-4-10)15-11(2)7-14(23)21(20-15)9-13(22)8-16(17,18)19/h3-7,13,22H,8-9H2,1-2H3. The second kappa shape index (κ2) is 6.54. The Morgan fingerprint density at radius 2 is 1.83 bits per heavy atom. The van der Waals surface area contributed by atoms with Crippen LogP contribution >= 0.6 is 0 Å². The van der Waals surface area contributed by atoms with Gasteiger partial charge in [0.25, 0.3) is 5.56 Å². The fourth-order valence-electron chi connectivity index (χ4n) is 2.24. The van der Waals surface area contributed by atoms with Gasteiger partial charge in [-0.1, -0.05) is 29.8 Å². The van der Waals surface area contributed by atoms with Crippen LogP contribution in [-0.4, -0.2) is 27.2 Å². The van der Waals surface area contributed by atoms with Gasteiger partial charge in [-0.05, 0) is 19.4 Å². The van der Waals surface area contributed by atoms with Gasteiger partial charge in [-0.15, -0.1) is 0 Å². The van der Waals surface area contributed by atoms with E-state index in [-0.39, 0.29) is 0 Å². The highest BCUT2D eigenvalue weighted by Crippen LogP contribution is 2.23. The molecular weight excluding hydrogens is 309 g/mol. The number of rotatable bonds is 4. The predicted molar refractivity (Wildman–Crippen MR) is 80.1 cm³/mol. The first kappa shape index (κ1) is 17.2. The highest BCUT2D eigenvalue weighted by atomic mass is 19.4. The van der Waals surface area contributed by atoms with Gasteiger partial charge in [-0.2, -0.15) is 18.3 Å². The number of benzene rings is 1. The average Bonchev–Trinajstić information content (AvgIpc) is 2.41. The molecule has 0 saturated carbocycles. The van der Waals surface area contributed by atoms with Crippen molar-refractivity contribution in [1.29, 1.82) is 0 Å². The molecule has 0 aliphatic rings. The summed E-state index contributed by atoms with van der Waals surface area (Å²) in [5, 5.41) is 13.6. The van der Waals surface area contributed by atoms with Gasteiger partial charge in [-0.3, -0.25) is 4.79 Å². The third kappa shape index (κ3) is 4.66. The van der Waals surface area contributed by atoms with Crippen molar-refractivity contribution in [3.8, 4) is 11.3 Å². The summed E-state index contributed by atoms with van der Waals surface area (Å²) in [6, 6.07) is 8.72. The first-order valence-electron chi connectivity index (χ1n) is 7.06. The van der Waals surface area contributed by atoms with Gasteiger partial charge in [-0.25, -0.2) is 4.68 Å². The third-order valence-corrected chi connectivity index (χ3v) is 3.36. The van der Waals surface area contributed by atoms with E-state index < -0.39 is 30.8 Å². The average molecular weight is 326 g/mol. The van der Waals surface area contributed by atoms with Crippen LogP contribution in [0.15, 0.2) is 35.1 Å². The largest absolute Gasteiger partial charge is 0.391 e. The Kier molecular flexibility index (Phi) is 4.89. The summed E-state index contributed by atoms with van der Waals surface area (Å²) in [6.45, 7) is 3.13. The first-order chi connectivity index (χ1) is 10.7. The Labute approximate surface area is 131 Å². The summed E-state index contributed by atoms with van der Waals surface area (Å²) in [6.07, 6.45) is -7.59. The molecule has 0 radical (unpaired) electrons. The molecule has 0 spiro atoms. The highest BCUT2D eigenvalue weighted by Gasteiger charge is 2.31. The number of alkyl halides is 3. The van der Waals surface area contributed by atoms with Crippen LogP contribution in [0.1, 0.15) is 17.5 Å². The molecule has 1 aromatic heterocycles. The highest BCUT2D eigenvalue weighted by molar-refractivity contribution is 5.62. The number of aromatic nitrogens is 2. The van der Waals surface area contributed by atoms with Gasteiger partial charge in [0.1, 0.15) is 0 Å². The maximum absolute atomic E-state index is 12.3. The summed E-state index contributed by atoms with van der Waals surface area (Å²) in [5.41, 5.74) is 2.40. The van der Waals surface area contributed by atoms with Crippen LogP contribution in [0, 0.1) is 13.8 Å². The summed E-state index contributed by atoms with van der Waals surface area (Å²) >= 11 is 0. The number of aliphatic hydroxyl groups excluding tert-OH is 1. The van der Waals surface area contributed by atoms with Crippen LogP contribution in [0.3, 0.4) is 0 Å². The second-order valence-corrected chi connectivity index (χ2v) is 5.54. The van der Waals surface area contributed by atoms with Crippen molar-refractivity contribution in [1.82, 2.24) is 9.78 Å². The molecule has 1 heterocycles. The number of hydrogen-bond donors (Lipinski definition) is 1. The minimum Gasteiger partial charge on any atom is -0.391 e. The zero-order valence-electron chi connectivity index (χ0n) is 12.8. The minimum atomic E-state index is -4.49. The van der Waals surface area contributed by atoms with E-state index in [0.717, 1.165) is 15.8 Å². The number of aryl methyl sites for hydroxylation is 2. The van der Waals surface area contributed by atoms with E-state index in [2.05, 4.69) is 5.10 Å². The van der Waals surface area contributed by atoms with E-state index in [9.17, 15) is 23.1 Å². The zero-order chi connectivity index (χ0) is 17.2. The molecule has 1 atom stereocenters. The van der Waals surface area contributed by atoms with Crippen LogP contribution in [-0.2, 0) is 6.54 Å². The van der Waals surface area contributed by atoms with Crippen LogP contribution in [0.4, 0.5) is 13.2 Å². The fraction of sp³-hybridized carbons (Fsp3) is 0.375. The van der Waals surface area contributed by atoms with Gasteiger partial charge in [0.15, 0.2) is 0 Å². The lowest BCUT2D eigenvalue weighted by molar-refractivity contribution is -0.155. The lowest BCUT2D eigenvalue weighted by Gasteiger charge is -2.15. The molecule has 2 aromatic rings. The van der Waals surface area contributed by atoms with E-state index >= 15 is 0 Å². The van der Waals surface area contributed by atoms with Gasteiger partial charge in [0, 0.05) is 11.6 Å². The fourth-order valence-corrected chi connectivity index (χ4v) is 2.24. The Bertz CT molecular complexity index is 736. The Hall–Kier alpha value is -2.15. The Balaban J connectivity index is 2.33. The minimum absolute atomic E-state index is 0.502. The molecule has 0 fully saturated rings. The molecule has 23 heavy (non-hydrogen) atoms. The lowest BCUT2D eigenvalue weighted by Crippen LogP contribution is -2.31. The molecule has 1 unspecified atom stereocenters. The molecule has 124 valence electrons. The van der Waals surface area contributed by atoms with E-state index in [0.29, 0.717) is 11.3 Å². The molecular formula is C16H17F3N2O2. The van der Waals surface area contributed by atoms with E-state index in [1.807, 2.05) is 31.2 Å². The smallest absolute Gasteiger partial charge is 0.391 e. The lowest BCUT2D eigenvalue weighted by atomic mass is 10.1. The molecule has 0 saturated heterocycles. The zero-order valence-corrected chi connectivity index (χ0v) is 12.8. The summed E-state index contributed by atoms with van der Waals surface area (Å²) in [4.78, 5) is 11.9. The van der Waals surface area contributed by atoms with E-state index in [1.165, 1.54) is 6.07 Å². The van der Waals surface area contributed by atoms with Crippen molar-refractivity contribution in [2.75, 3.05) is 0 Å². The molecule has 0 bridgehead atoms. The normalized spacial score (nSPS) is 13.1. The molecule has 1 aromatic carbocycles. The molecule has 7 heteroatoms. The molecule has 0 aliphatic carbocycles. The number of nitrogens with zero attached hydrogens (tertiary/aromatic N) is 2. The van der Waals surface area contributed by atoms with Crippen LogP contribution in [0.5, 0.6) is 0 Å². The topological polar surface area (TPSA) is 55.1 Å². The summed E-state index contributed by atoms with van der Waals surface area (Å²) in [5.74, 6) is 0. The summed E-state index contributed by atoms with van der Waals surface area (Å²) < 4.78 is 37.7. The number of aliphatic hydroxyl groups is 1. The van der Waals surface area contributed by atoms with Crippen molar-refractivity contribution >= 4 is 0 Å². The SMILES string of the molecule is Cc1ccc(-c2nn(CC(O)CC(F)(F)F)c(=O)cc2C)cc1. The molecule has 1 N–H and O–H groups in total. The summed E-state index contributed by atoms with van der Waals surface area (Å²) in [7, 11) is 0. The predicted octanol–water partition coefficient (Wildman–Crippen LogP) is 2.84. The number of halogens is 3. The van der Waals surface area contributed by atoms with Crippen LogP contribution < -0.4 is 5.56 Å². The van der Waals surface area contributed by atoms with Gasteiger partial charge in [0.05, 0.1) is 24.8 Å². The molecule has 0 amide bonds. The molecule has 0 aliphatic heterocycles. The Morgan fingerprint density at radius 1 is 1.22 bits per heavy atom. The van der Waals surface area contributed by atoms with Gasteiger partial charge in [0.2, 0.25) is 0 Å². The maximum atomic E-state index is 12.3. The number of hydrogen-bond acceptors (Lipinski definition) is 3. The molecule has 4 nitrogen and oxygen atoms in total. The van der Waals surface area contributed by atoms with Crippen molar-refractivity contribution in [2.24, 2.45) is 0 Å². The van der Waals surface area contributed by atoms with Crippen molar-refractivity contribution in [3.05, 3.63) is 51.8 Å². The van der Waals surface area contributed by atoms with Gasteiger partial charge < -0.3 is 5.11 Å². The molecule has 2 rings (SSSR count). The first-order valence-corrected chi connectivity index (χ1v) is 7.06. The van der Waals surface area contributed by atoms with Gasteiger partial charge >= 0.3 is 6.18 Å². The third-order valence-electron chi connectivity index (χ3n) is 3.36.